The Hall–Kier alpha value is -1.01. The first-order valence-corrected chi connectivity index (χ1v) is 4.10. The summed E-state index contributed by atoms with van der Waals surface area (Å²) in [6, 6.07) is -0.594. The minimum absolute atomic E-state index is 0.369. The zero-order chi connectivity index (χ0) is 9.40. The molecule has 0 aliphatic heterocycles. The molecule has 0 rings (SSSR count). The van der Waals surface area contributed by atoms with Crippen molar-refractivity contribution < 1.29 is 9.53 Å². The van der Waals surface area contributed by atoms with Gasteiger partial charge in [-0.1, -0.05) is 6.92 Å². The Kier molecular flexibility index (Phi) is 6.12. The van der Waals surface area contributed by atoms with Crippen LogP contribution in [0.15, 0.2) is 0 Å². The number of rotatable bonds is 3. The number of nitrogens with two attached hydrogens (primary N) is 1. The molecule has 12 heavy (non-hydrogen) atoms. The van der Waals surface area contributed by atoms with E-state index < -0.39 is 6.04 Å². The van der Waals surface area contributed by atoms with Gasteiger partial charge in [0.1, 0.15) is 6.04 Å². The Labute approximate surface area is 73.3 Å². The third-order valence-electron chi connectivity index (χ3n) is 1.21. The Bertz CT molecular complexity index is 190. The zero-order valence-corrected chi connectivity index (χ0v) is 7.59. The number of carbonyl (C=O) groups is 1. The molecule has 68 valence electrons. The first kappa shape index (κ1) is 11.0. The quantitative estimate of drug-likeness (QED) is 0.499. The molecule has 0 spiro atoms. The molecule has 0 bridgehead atoms. The highest BCUT2D eigenvalue weighted by Crippen LogP contribution is 1.90. The van der Waals surface area contributed by atoms with E-state index in [1.54, 1.807) is 6.92 Å². The molecule has 0 aromatic heterocycles. The predicted molar refractivity (Wildman–Crippen MR) is 47.3 cm³/mol. The lowest BCUT2D eigenvalue weighted by Crippen LogP contribution is -2.31. The van der Waals surface area contributed by atoms with Gasteiger partial charge < -0.3 is 10.5 Å². The second-order valence-corrected chi connectivity index (χ2v) is 2.27. The number of hydrogen-bond acceptors (Lipinski definition) is 3. The van der Waals surface area contributed by atoms with Gasteiger partial charge in [-0.15, -0.1) is 11.8 Å². The molecular weight excluding hydrogens is 154 g/mol. The summed E-state index contributed by atoms with van der Waals surface area (Å²) in [5, 5.41) is 0. The maximum atomic E-state index is 10.9. The molecule has 0 saturated carbocycles. The molecule has 0 aliphatic rings. The van der Waals surface area contributed by atoms with Crippen molar-refractivity contribution in [1.82, 2.24) is 0 Å². The Balaban J connectivity index is 3.71. The van der Waals surface area contributed by atoms with Crippen LogP contribution < -0.4 is 5.73 Å². The van der Waals surface area contributed by atoms with E-state index in [1.807, 2.05) is 6.92 Å². The zero-order valence-electron chi connectivity index (χ0n) is 7.59. The number of carbonyl (C=O) groups excluding carboxylic acids is 1. The summed E-state index contributed by atoms with van der Waals surface area (Å²) in [6.45, 7) is 4.07. The Morgan fingerprint density at radius 2 is 2.17 bits per heavy atom. The predicted octanol–water partition coefficient (Wildman–Crippen LogP) is 0.680. The van der Waals surface area contributed by atoms with Crippen molar-refractivity contribution in [2.45, 2.75) is 32.7 Å². The molecule has 1 atom stereocenters. The molecule has 0 aromatic carbocycles. The number of hydrogen-bond donors (Lipinski definition) is 1. The highest BCUT2D eigenvalue weighted by Gasteiger charge is 2.11. The molecule has 3 nitrogen and oxygen atoms in total. The first-order valence-electron chi connectivity index (χ1n) is 4.10. The van der Waals surface area contributed by atoms with Crippen molar-refractivity contribution in [1.29, 1.82) is 0 Å². The van der Waals surface area contributed by atoms with Gasteiger partial charge in [0.15, 0.2) is 0 Å². The van der Waals surface area contributed by atoms with Crippen molar-refractivity contribution in [3.05, 3.63) is 0 Å². The summed E-state index contributed by atoms with van der Waals surface area (Å²) in [7, 11) is 0. The summed E-state index contributed by atoms with van der Waals surface area (Å²) >= 11 is 0. The van der Waals surface area contributed by atoms with Gasteiger partial charge in [0.05, 0.1) is 6.61 Å². The van der Waals surface area contributed by atoms with Gasteiger partial charge in [0, 0.05) is 12.8 Å². The van der Waals surface area contributed by atoms with E-state index in [1.165, 1.54) is 0 Å². The van der Waals surface area contributed by atoms with E-state index in [4.69, 9.17) is 10.5 Å². The summed E-state index contributed by atoms with van der Waals surface area (Å²) < 4.78 is 4.70. The molecule has 0 radical (unpaired) electrons. The fourth-order valence-corrected chi connectivity index (χ4v) is 0.640. The molecular formula is C9H15NO2. The van der Waals surface area contributed by atoms with Crippen molar-refractivity contribution in [2.24, 2.45) is 5.73 Å². The average Bonchev–Trinajstić information content (AvgIpc) is 2.05. The SMILES string of the molecule is CCC#CCC(N)C(=O)OCC. The lowest BCUT2D eigenvalue weighted by molar-refractivity contribution is -0.144. The van der Waals surface area contributed by atoms with Crippen LogP contribution in [-0.2, 0) is 9.53 Å². The molecule has 0 amide bonds. The summed E-state index contributed by atoms with van der Waals surface area (Å²) in [4.78, 5) is 10.9. The summed E-state index contributed by atoms with van der Waals surface area (Å²) in [5.41, 5.74) is 5.47. The molecule has 0 fully saturated rings. The van der Waals surface area contributed by atoms with Crippen molar-refractivity contribution in [3.8, 4) is 11.8 Å². The van der Waals surface area contributed by atoms with E-state index >= 15 is 0 Å². The van der Waals surface area contributed by atoms with Crippen LogP contribution in [0.5, 0.6) is 0 Å². The van der Waals surface area contributed by atoms with Gasteiger partial charge in [0.25, 0.3) is 0 Å². The number of ether oxygens (including phenoxy) is 1. The average molecular weight is 169 g/mol. The van der Waals surface area contributed by atoms with Crippen LogP contribution in [-0.4, -0.2) is 18.6 Å². The fraction of sp³-hybridized carbons (Fsp3) is 0.667. The second-order valence-electron chi connectivity index (χ2n) is 2.27. The second kappa shape index (κ2) is 6.68. The Morgan fingerprint density at radius 3 is 2.67 bits per heavy atom. The van der Waals surface area contributed by atoms with Gasteiger partial charge in [-0.2, -0.15) is 0 Å². The molecule has 2 N–H and O–H groups in total. The van der Waals surface area contributed by atoms with Crippen LogP contribution in [0, 0.1) is 11.8 Å². The standard InChI is InChI=1S/C9H15NO2/c1-3-5-6-7-8(10)9(11)12-4-2/h8H,3-4,7,10H2,1-2H3. The minimum atomic E-state index is -0.594. The molecule has 0 aromatic rings. The monoisotopic (exact) mass is 169 g/mol. The topological polar surface area (TPSA) is 52.3 Å². The maximum Gasteiger partial charge on any atom is 0.323 e. The smallest absolute Gasteiger partial charge is 0.323 e. The van der Waals surface area contributed by atoms with Crippen LogP contribution in [0.25, 0.3) is 0 Å². The largest absolute Gasteiger partial charge is 0.465 e. The molecule has 0 heterocycles. The molecule has 0 aliphatic carbocycles. The molecule has 3 heteroatoms. The highest BCUT2D eigenvalue weighted by atomic mass is 16.5. The highest BCUT2D eigenvalue weighted by molar-refractivity contribution is 5.75. The summed E-state index contributed by atoms with van der Waals surface area (Å²) in [6.07, 6.45) is 1.17. The van der Waals surface area contributed by atoms with E-state index in [9.17, 15) is 4.79 Å². The van der Waals surface area contributed by atoms with Gasteiger partial charge in [0.2, 0.25) is 0 Å². The third-order valence-corrected chi connectivity index (χ3v) is 1.21. The van der Waals surface area contributed by atoms with Crippen LogP contribution in [0.1, 0.15) is 26.7 Å². The summed E-state index contributed by atoms with van der Waals surface area (Å²) in [5.74, 6) is 5.26. The molecule has 0 saturated heterocycles. The van der Waals surface area contributed by atoms with Gasteiger partial charge in [-0.3, -0.25) is 4.79 Å². The number of esters is 1. The van der Waals surface area contributed by atoms with Gasteiger partial charge in [-0.05, 0) is 6.92 Å². The van der Waals surface area contributed by atoms with Crippen molar-refractivity contribution in [3.63, 3.8) is 0 Å². The van der Waals surface area contributed by atoms with Gasteiger partial charge >= 0.3 is 5.97 Å². The van der Waals surface area contributed by atoms with E-state index in [-0.39, 0.29) is 5.97 Å². The van der Waals surface area contributed by atoms with Crippen molar-refractivity contribution in [2.75, 3.05) is 6.61 Å². The van der Waals surface area contributed by atoms with Crippen LogP contribution >= 0.6 is 0 Å². The fourth-order valence-electron chi connectivity index (χ4n) is 0.640. The van der Waals surface area contributed by atoms with E-state index in [0.717, 1.165) is 6.42 Å². The van der Waals surface area contributed by atoms with Gasteiger partial charge in [-0.25, -0.2) is 0 Å². The normalized spacial score (nSPS) is 11.2. The molecule has 1 unspecified atom stereocenters. The maximum absolute atomic E-state index is 10.9. The lowest BCUT2D eigenvalue weighted by atomic mass is 10.2. The van der Waals surface area contributed by atoms with E-state index in [0.29, 0.717) is 13.0 Å². The van der Waals surface area contributed by atoms with Crippen LogP contribution in [0.3, 0.4) is 0 Å². The third kappa shape index (κ3) is 4.75. The van der Waals surface area contributed by atoms with Crippen LogP contribution in [0.4, 0.5) is 0 Å². The minimum Gasteiger partial charge on any atom is -0.465 e. The van der Waals surface area contributed by atoms with Crippen LogP contribution in [0.2, 0.25) is 0 Å². The lowest BCUT2D eigenvalue weighted by Gasteiger charge is -2.05. The van der Waals surface area contributed by atoms with Crippen molar-refractivity contribution >= 4 is 5.97 Å². The first-order chi connectivity index (χ1) is 5.72. The van der Waals surface area contributed by atoms with E-state index in [2.05, 4.69) is 11.8 Å². The Morgan fingerprint density at radius 1 is 1.50 bits per heavy atom.